The highest BCUT2D eigenvalue weighted by molar-refractivity contribution is 9.10. The molecule has 0 atom stereocenters. The van der Waals surface area contributed by atoms with Crippen LogP contribution in [0.15, 0.2) is 22.7 Å². The van der Waals surface area contributed by atoms with Gasteiger partial charge in [0.1, 0.15) is 5.82 Å². The summed E-state index contributed by atoms with van der Waals surface area (Å²) >= 11 is 3.02. The Morgan fingerprint density at radius 1 is 1.54 bits per heavy atom. The summed E-state index contributed by atoms with van der Waals surface area (Å²) in [5.74, 6) is -0.612. The first kappa shape index (κ1) is 9.98. The second-order valence-corrected chi connectivity index (χ2v) is 3.29. The molecule has 1 amide bonds. The van der Waals surface area contributed by atoms with E-state index in [1.807, 2.05) is 0 Å². The molecule has 0 bridgehead atoms. The maximum Gasteiger partial charge on any atom is 0.235 e. The number of hydrogen-bond donors (Lipinski definition) is 2. The van der Waals surface area contributed by atoms with Crippen LogP contribution in [0.25, 0.3) is 0 Å². The van der Waals surface area contributed by atoms with Crippen molar-refractivity contribution in [3.05, 3.63) is 28.5 Å². The lowest BCUT2D eigenvalue weighted by Crippen LogP contribution is -2.26. The topological polar surface area (TPSA) is 41.1 Å². The van der Waals surface area contributed by atoms with Crippen LogP contribution >= 0.6 is 15.9 Å². The monoisotopic (exact) mass is 246 g/mol. The zero-order chi connectivity index (χ0) is 9.84. The molecule has 0 aromatic heterocycles. The highest BCUT2D eigenvalue weighted by atomic mass is 79.9. The standard InChI is InChI=1S/C8H8BrFN2O/c1-5(13)11-12-6-2-3-7(9)8(10)4-6/h2-4,12H,1H3,(H,11,13). The van der Waals surface area contributed by atoms with E-state index in [4.69, 9.17) is 0 Å². The predicted octanol–water partition coefficient (Wildman–Crippen LogP) is 2.05. The molecule has 0 saturated carbocycles. The fraction of sp³-hybridized carbons (Fsp3) is 0.125. The van der Waals surface area contributed by atoms with E-state index in [2.05, 4.69) is 26.8 Å². The minimum atomic E-state index is -0.379. The Morgan fingerprint density at radius 3 is 2.77 bits per heavy atom. The van der Waals surface area contributed by atoms with Gasteiger partial charge in [-0.1, -0.05) is 0 Å². The Labute approximate surface area is 83.4 Å². The lowest BCUT2D eigenvalue weighted by Gasteiger charge is -2.06. The minimum Gasteiger partial charge on any atom is -0.299 e. The summed E-state index contributed by atoms with van der Waals surface area (Å²) in [5, 5.41) is 0. The van der Waals surface area contributed by atoms with Gasteiger partial charge in [-0.05, 0) is 34.1 Å². The molecule has 5 heteroatoms. The van der Waals surface area contributed by atoms with E-state index in [9.17, 15) is 9.18 Å². The van der Waals surface area contributed by atoms with Crippen molar-refractivity contribution in [1.82, 2.24) is 5.43 Å². The molecule has 3 nitrogen and oxygen atoms in total. The third kappa shape index (κ3) is 3.02. The average molecular weight is 247 g/mol. The second kappa shape index (κ2) is 4.23. The van der Waals surface area contributed by atoms with Gasteiger partial charge in [-0.15, -0.1) is 0 Å². The van der Waals surface area contributed by atoms with E-state index in [0.29, 0.717) is 10.2 Å². The minimum absolute atomic E-state index is 0.233. The molecule has 2 N–H and O–H groups in total. The van der Waals surface area contributed by atoms with Gasteiger partial charge in [-0.25, -0.2) is 4.39 Å². The molecular formula is C8H8BrFN2O. The van der Waals surface area contributed by atoms with E-state index >= 15 is 0 Å². The number of halogens is 2. The fourth-order valence-electron chi connectivity index (χ4n) is 0.734. The van der Waals surface area contributed by atoms with E-state index in [1.165, 1.54) is 13.0 Å². The Kier molecular flexibility index (Phi) is 3.25. The molecule has 1 aromatic rings. The molecule has 70 valence electrons. The van der Waals surface area contributed by atoms with Crippen molar-refractivity contribution in [1.29, 1.82) is 0 Å². The summed E-state index contributed by atoms with van der Waals surface area (Å²) in [6.07, 6.45) is 0. The number of benzene rings is 1. The van der Waals surface area contributed by atoms with Crippen LogP contribution in [-0.2, 0) is 4.79 Å². The molecular weight excluding hydrogens is 239 g/mol. The van der Waals surface area contributed by atoms with Gasteiger partial charge in [-0.3, -0.25) is 15.6 Å². The van der Waals surface area contributed by atoms with Gasteiger partial charge in [0, 0.05) is 6.92 Å². The maximum atomic E-state index is 12.9. The summed E-state index contributed by atoms with van der Waals surface area (Å²) in [6, 6.07) is 4.47. The lowest BCUT2D eigenvalue weighted by molar-refractivity contribution is -0.118. The first-order valence-corrected chi connectivity index (χ1v) is 4.36. The molecule has 0 aliphatic rings. The van der Waals surface area contributed by atoms with Crippen LogP contribution in [0.2, 0.25) is 0 Å². The van der Waals surface area contributed by atoms with Crippen molar-refractivity contribution in [2.75, 3.05) is 5.43 Å². The van der Waals surface area contributed by atoms with Gasteiger partial charge >= 0.3 is 0 Å². The summed E-state index contributed by atoms with van der Waals surface area (Å²) < 4.78 is 13.3. The molecule has 13 heavy (non-hydrogen) atoms. The maximum absolute atomic E-state index is 12.9. The number of rotatable bonds is 2. The Bertz CT molecular complexity index is 330. The third-order valence-corrected chi connectivity index (χ3v) is 1.95. The molecule has 0 saturated heterocycles. The molecule has 0 radical (unpaired) electrons. The summed E-state index contributed by atoms with van der Waals surface area (Å²) in [5.41, 5.74) is 5.39. The number of carbonyl (C=O) groups excluding carboxylic acids is 1. The molecule has 0 aliphatic heterocycles. The summed E-state index contributed by atoms with van der Waals surface area (Å²) in [6.45, 7) is 1.36. The SMILES string of the molecule is CC(=O)NNc1ccc(Br)c(F)c1. The number of carbonyl (C=O) groups is 1. The molecule has 1 rings (SSSR count). The number of amides is 1. The van der Waals surface area contributed by atoms with Crippen molar-refractivity contribution in [2.24, 2.45) is 0 Å². The van der Waals surface area contributed by atoms with Crippen LogP contribution in [0, 0.1) is 5.82 Å². The highest BCUT2D eigenvalue weighted by Crippen LogP contribution is 2.18. The molecule has 0 unspecified atom stereocenters. The highest BCUT2D eigenvalue weighted by Gasteiger charge is 1.99. The third-order valence-electron chi connectivity index (χ3n) is 1.30. The smallest absolute Gasteiger partial charge is 0.235 e. The number of hydrogen-bond acceptors (Lipinski definition) is 2. The van der Waals surface area contributed by atoms with Crippen molar-refractivity contribution in [2.45, 2.75) is 6.92 Å². The normalized spacial score (nSPS) is 9.46. The van der Waals surface area contributed by atoms with Crippen molar-refractivity contribution < 1.29 is 9.18 Å². The Hall–Kier alpha value is -1.10. The van der Waals surface area contributed by atoms with Crippen LogP contribution in [-0.4, -0.2) is 5.91 Å². The van der Waals surface area contributed by atoms with Crippen molar-refractivity contribution >= 4 is 27.5 Å². The van der Waals surface area contributed by atoms with Crippen LogP contribution in [0.4, 0.5) is 10.1 Å². The predicted molar refractivity (Wildman–Crippen MR) is 51.5 cm³/mol. The quantitative estimate of drug-likeness (QED) is 0.785. The van der Waals surface area contributed by atoms with E-state index in [-0.39, 0.29) is 11.7 Å². The first-order valence-electron chi connectivity index (χ1n) is 3.57. The molecule has 0 heterocycles. The van der Waals surface area contributed by atoms with Crippen LogP contribution in [0.3, 0.4) is 0 Å². The first-order chi connectivity index (χ1) is 6.09. The number of hydrazine groups is 1. The largest absolute Gasteiger partial charge is 0.299 e. The number of nitrogens with one attached hydrogen (secondary N) is 2. The van der Waals surface area contributed by atoms with Crippen molar-refractivity contribution in [3.8, 4) is 0 Å². The van der Waals surface area contributed by atoms with Gasteiger partial charge in [0.25, 0.3) is 0 Å². The second-order valence-electron chi connectivity index (χ2n) is 2.44. The van der Waals surface area contributed by atoms with Crippen molar-refractivity contribution in [3.63, 3.8) is 0 Å². The Morgan fingerprint density at radius 2 is 2.23 bits per heavy atom. The van der Waals surface area contributed by atoms with Crippen LogP contribution < -0.4 is 10.9 Å². The zero-order valence-electron chi connectivity index (χ0n) is 6.90. The lowest BCUT2D eigenvalue weighted by atomic mass is 10.3. The number of anilines is 1. The van der Waals surface area contributed by atoms with Crippen LogP contribution in [0.5, 0.6) is 0 Å². The average Bonchev–Trinajstić information content (AvgIpc) is 2.07. The van der Waals surface area contributed by atoms with E-state index in [0.717, 1.165) is 0 Å². The molecule has 0 fully saturated rings. The van der Waals surface area contributed by atoms with Gasteiger partial charge in [0.2, 0.25) is 5.91 Å². The van der Waals surface area contributed by atoms with Gasteiger partial charge < -0.3 is 0 Å². The summed E-state index contributed by atoms with van der Waals surface area (Å²) in [4.78, 5) is 10.5. The molecule has 0 spiro atoms. The molecule has 0 aliphatic carbocycles. The van der Waals surface area contributed by atoms with E-state index in [1.54, 1.807) is 12.1 Å². The molecule has 1 aromatic carbocycles. The Balaban J connectivity index is 2.68. The van der Waals surface area contributed by atoms with Gasteiger partial charge in [-0.2, -0.15) is 0 Å². The van der Waals surface area contributed by atoms with Gasteiger partial charge in [0.15, 0.2) is 0 Å². The summed E-state index contributed by atoms with van der Waals surface area (Å²) in [7, 11) is 0. The zero-order valence-corrected chi connectivity index (χ0v) is 8.48. The van der Waals surface area contributed by atoms with Crippen LogP contribution in [0.1, 0.15) is 6.92 Å². The van der Waals surface area contributed by atoms with Gasteiger partial charge in [0.05, 0.1) is 10.2 Å². The van der Waals surface area contributed by atoms with E-state index < -0.39 is 0 Å². The fourth-order valence-corrected chi connectivity index (χ4v) is 0.981.